The monoisotopic (exact) mass is 370 g/mol. The Balaban J connectivity index is 1.41. The van der Waals surface area contributed by atoms with E-state index in [9.17, 15) is 4.79 Å². The number of benzene rings is 2. The van der Waals surface area contributed by atoms with Gasteiger partial charge in [-0.2, -0.15) is 0 Å². The third-order valence-corrected chi connectivity index (χ3v) is 5.48. The molecule has 0 unspecified atom stereocenters. The third-order valence-electron chi connectivity index (χ3n) is 5.48. The van der Waals surface area contributed by atoms with Crippen molar-refractivity contribution in [1.82, 2.24) is 20.3 Å². The van der Waals surface area contributed by atoms with E-state index in [-0.39, 0.29) is 5.91 Å². The van der Waals surface area contributed by atoms with Gasteiger partial charge in [0.05, 0.1) is 11.0 Å². The molecule has 1 amide bonds. The Morgan fingerprint density at radius 2 is 1.93 bits per heavy atom. The zero-order valence-electron chi connectivity index (χ0n) is 15.7. The van der Waals surface area contributed by atoms with Gasteiger partial charge in [0.25, 0.3) is 5.91 Å². The lowest BCUT2D eigenvalue weighted by Gasteiger charge is -2.13. The van der Waals surface area contributed by atoms with Crippen LogP contribution in [0.15, 0.2) is 54.1 Å². The van der Waals surface area contributed by atoms with E-state index in [1.165, 1.54) is 31.3 Å². The molecule has 28 heavy (non-hydrogen) atoms. The third kappa shape index (κ3) is 3.13. The molecule has 140 valence electrons. The molecule has 2 heterocycles. The number of allylic oxidation sites excluding steroid dienone is 1. The Kier molecular flexibility index (Phi) is 4.28. The first kappa shape index (κ1) is 16.9. The second kappa shape index (κ2) is 7.08. The molecular weight excluding hydrogens is 348 g/mol. The number of carbonyl (C=O) groups is 1. The zero-order valence-corrected chi connectivity index (χ0v) is 15.7. The van der Waals surface area contributed by atoms with E-state index >= 15 is 0 Å². The Morgan fingerprint density at radius 1 is 1.07 bits per heavy atom. The molecule has 2 N–H and O–H groups in total. The maximum atomic E-state index is 12.6. The highest BCUT2D eigenvalue weighted by molar-refractivity contribution is 6.08. The van der Waals surface area contributed by atoms with Crippen molar-refractivity contribution in [2.75, 3.05) is 6.54 Å². The second-order valence-electron chi connectivity index (χ2n) is 7.41. The van der Waals surface area contributed by atoms with Crippen molar-refractivity contribution >= 4 is 39.0 Å². The highest BCUT2D eigenvalue weighted by Crippen LogP contribution is 2.26. The average Bonchev–Trinajstić information content (AvgIpc) is 3.09. The summed E-state index contributed by atoms with van der Waals surface area (Å²) in [5.41, 5.74) is 6.32. The molecule has 0 atom stereocenters. The van der Waals surface area contributed by atoms with E-state index in [4.69, 9.17) is 4.98 Å². The molecule has 0 aliphatic heterocycles. The zero-order chi connectivity index (χ0) is 18.9. The largest absolute Gasteiger partial charge is 0.352 e. The summed E-state index contributed by atoms with van der Waals surface area (Å²) in [5.74, 6) is -0.0404. The molecule has 2 aromatic heterocycles. The van der Waals surface area contributed by atoms with E-state index in [1.807, 2.05) is 42.5 Å². The van der Waals surface area contributed by atoms with Crippen molar-refractivity contribution in [3.05, 3.63) is 59.7 Å². The van der Waals surface area contributed by atoms with Crippen molar-refractivity contribution in [3.63, 3.8) is 0 Å². The van der Waals surface area contributed by atoms with Gasteiger partial charge in [0.2, 0.25) is 0 Å². The fraction of sp³-hybridized carbons (Fsp3) is 0.261. The smallest absolute Gasteiger partial charge is 0.251 e. The number of aromatic nitrogens is 3. The lowest BCUT2D eigenvalue weighted by molar-refractivity contribution is 0.0954. The standard InChI is InChI=1S/C23H22N4O/c28-23(24-13-12-15-6-2-1-3-7-15)16-10-11-18-17(14-16)21-22(26-18)27-20-9-5-4-8-19(20)25-21/h4-6,8-11,14H,1-3,7,12-13H2,(H,24,28)(H,26,27). The molecule has 5 heteroatoms. The molecule has 5 rings (SSSR count). The summed E-state index contributed by atoms with van der Waals surface area (Å²) in [7, 11) is 0. The van der Waals surface area contributed by atoms with Gasteiger partial charge in [-0.3, -0.25) is 4.79 Å². The van der Waals surface area contributed by atoms with Crippen LogP contribution in [-0.4, -0.2) is 27.4 Å². The van der Waals surface area contributed by atoms with Crippen LogP contribution < -0.4 is 5.32 Å². The maximum Gasteiger partial charge on any atom is 0.251 e. The lowest BCUT2D eigenvalue weighted by atomic mass is 9.97. The first-order valence-electron chi connectivity index (χ1n) is 9.92. The van der Waals surface area contributed by atoms with Crippen LogP contribution in [0, 0.1) is 0 Å². The van der Waals surface area contributed by atoms with E-state index in [0.717, 1.165) is 39.5 Å². The van der Waals surface area contributed by atoms with Gasteiger partial charge in [0.1, 0.15) is 5.52 Å². The number of aromatic amines is 1. The summed E-state index contributed by atoms with van der Waals surface area (Å²) in [6, 6.07) is 13.5. The Morgan fingerprint density at radius 3 is 2.75 bits per heavy atom. The van der Waals surface area contributed by atoms with Crippen LogP contribution in [0.25, 0.3) is 33.1 Å². The van der Waals surface area contributed by atoms with Crippen LogP contribution in [0.2, 0.25) is 0 Å². The van der Waals surface area contributed by atoms with Crippen LogP contribution in [0.4, 0.5) is 0 Å². The van der Waals surface area contributed by atoms with E-state index < -0.39 is 0 Å². The number of hydrogen-bond acceptors (Lipinski definition) is 3. The lowest BCUT2D eigenvalue weighted by Crippen LogP contribution is -2.24. The van der Waals surface area contributed by atoms with Crippen molar-refractivity contribution in [2.45, 2.75) is 32.1 Å². The fourth-order valence-corrected chi connectivity index (χ4v) is 3.96. The van der Waals surface area contributed by atoms with Gasteiger partial charge in [-0.05, 0) is 62.4 Å². The predicted molar refractivity (Wildman–Crippen MR) is 112 cm³/mol. The molecule has 4 aromatic rings. The van der Waals surface area contributed by atoms with Crippen molar-refractivity contribution in [3.8, 4) is 0 Å². The number of hydrogen-bond donors (Lipinski definition) is 2. The van der Waals surface area contributed by atoms with Crippen LogP contribution in [0.1, 0.15) is 42.5 Å². The molecule has 0 saturated heterocycles. The molecule has 1 aliphatic rings. The molecule has 0 saturated carbocycles. The minimum absolute atomic E-state index is 0.0404. The van der Waals surface area contributed by atoms with Crippen LogP contribution >= 0.6 is 0 Å². The Bertz CT molecular complexity index is 1220. The number of carbonyl (C=O) groups excluding carboxylic acids is 1. The molecule has 1 aliphatic carbocycles. The Labute approximate surface area is 162 Å². The minimum Gasteiger partial charge on any atom is -0.352 e. The molecule has 2 aromatic carbocycles. The molecule has 0 radical (unpaired) electrons. The summed E-state index contributed by atoms with van der Waals surface area (Å²) in [5, 5.41) is 3.98. The summed E-state index contributed by atoms with van der Waals surface area (Å²) in [6.45, 7) is 0.682. The number of nitrogens with zero attached hydrogens (tertiary/aromatic N) is 2. The summed E-state index contributed by atoms with van der Waals surface area (Å²) in [4.78, 5) is 25.4. The number of para-hydroxylation sites is 2. The predicted octanol–water partition coefficient (Wildman–Crippen LogP) is 4.88. The van der Waals surface area contributed by atoms with Gasteiger partial charge < -0.3 is 10.3 Å². The fourth-order valence-electron chi connectivity index (χ4n) is 3.96. The van der Waals surface area contributed by atoms with Crippen LogP contribution in [0.5, 0.6) is 0 Å². The number of amides is 1. The summed E-state index contributed by atoms with van der Waals surface area (Å²) in [6.07, 6.45) is 8.18. The van der Waals surface area contributed by atoms with Crippen molar-refractivity contribution in [1.29, 1.82) is 0 Å². The van der Waals surface area contributed by atoms with Crippen LogP contribution in [-0.2, 0) is 0 Å². The maximum absolute atomic E-state index is 12.6. The highest BCUT2D eigenvalue weighted by Gasteiger charge is 2.12. The van der Waals surface area contributed by atoms with Crippen LogP contribution in [0.3, 0.4) is 0 Å². The van der Waals surface area contributed by atoms with Crippen molar-refractivity contribution in [2.24, 2.45) is 0 Å². The summed E-state index contributed by atoms with van der Waals surface area (Å²) < 4.78 is 0. The molecule has 0 bridgehead atoms. The normalized spacial score (nSPS) is 14.5. The van der Waals surface area contributed by atoms with Gasteiger partial charge in [-0.15, -0.1) is 0 Å². The van der Waals surface area contributed by atoms with Gasteiger partial charge in [-0.1, -0.05) is 23.8 Å². The first-order chi connectivity index (χ1) is 13.8. The number of fused-ring (bicyclic) bond motifs is 4. The van der Waals surface area contributed by atoms with E-state index in [0.29, 0.717) is 12.1 Å². The molecule has 5 nitrogen and oxygen atoms in total. The Hall–Kier alpha value is -3.21. The quantitative estimate of drug-likeness (QED) is 0.503. The van der Waals surface area contributed by atoms with Gasteiger partial charge in [-0.25, -0.2) is 9.97 Å². The summed E-state index contributed by atoms with van der Waals surface area (Å²) >= 11 is 0. The number of rotatable bonds is 4. The number of nitrogens with one attached hydrogen (secondary N) is 2. The molecular formula is C23H22N4O. The minimum atomic E-state index is -0.0404. The highest BCUT2D eigenvalue weighted by atomic mass is 16.1. The van der Waals surface area contributed by atoms with Gasteiger partial charge >= 0.3 is 0 Å². The van der Waals surface area contributed by atoms with Crippen molar-refractivity contribution < 1.29 is 4.79 Å². The van der Waals surface area contributed by atoms with E-state index in [2.05, 4.69) is 21.4 Å². The van der Waals surface area contributed by atoms with E-state index in [1.54, 1.807) is 0 Å². The average molecular weight is 370 g/mol. The number of H-pyrrole nitrogens is 1. The second-order valence-corrected chi connectivity index (χ2v) is 7.41. The van der Waals surface area contributed by atoms with Gasteiger partial charge in [0.15, 0.2) is 5.65 Å². The SMILES string of the molecule is O=C(NCCC1=CCCCC1)c1ccc2[nH]c3nc4ccccc4nc3c2c1. The first-order valence-corrected chi connectivity index (χ1v) is 9.92. The molecule has 0 fully saturated rings. The van der Waals surface area contributed by atoms with Gasteiger partial charge in [0, 0.05) is 23.0 Å². The molecule has 0 spiro atoms. The topological polar surface area (TPSA) is 70.7 Å².